The van der Waals surface area contributed by atoms with Gasteiger partial charge in [-0.2, -0.15) is 4.31 Å². The molecule has 27 heavy (non-hydrogen) atoms. The summed E-state index contributed by atoms with van der Waals surface area (Å²) < 4.78 is 40.3. The lowest BCUT2D eigenvalue weighted by atomic mass is 10.0. The Morgan fingerprint density at radius 1 is 1.11 bits per heavy atom. The van der Waals surface area contributed by atoms with Gasteiger partial charge in [-0.3, -0.25) is 4.79 Å². The molecule has 1 N–H and O–H groups in total. The van der Waals surface area contributed by atoms with Gasteiger partial charge in [-0.1, -0.05) is 13.0 Å². The summed E-state index contributed by atoms with van der Waals surface area (Å²) in [5.74, 6) is -0.379. The quantitative estimate of drug-likeness (QED) is 0.863. The van der Waals surface area contributed by atoms with Crippen LogP contribution in [-0.2, 0) is 10.0 Å². The molecule has 0 aromatic heterocycles. The number of benzene rings is 2. The molecule has 7 heteroatoms. The van der Waals surface area contributed by atoms with Crippen molar-refractivity contribution in [3.05, 3.63) is 59.4 Å². The zero-order chi connectivity index (χ0) is 19.6. The number of carbonyl (C=O) groups is 1. The molecular formula is C20H23FN2O3S. The van der Waals surface area contributed by atoms with E-state index in [1.165, 1.54) is 28.6 Å². The number of nitrogens with zero attached hydrogens (tertiary/aromatic N) is 1. The van der Waals surface area contributed by atoms with Gasteiger partial charge in [-0.15, -0.1) is 0 Å². The average Bonchev–Trinajstić information content (AvgIpc) is 2.64. The first kappa shape index (κ1) is 19.5. The zero-order valence-corrected chi connectivity index (χ0v) is 16.2. The number of amides is 1. The fraction of sp³-hybridized carbons (Fsp3) is 0.350. The molecular weight excluding hydrogens is 367 g/mol. The number of anilines is 1. The van der Waals surface area contributed by atoms with Gasteiger partial charge in [-0.25, -0.2) is 12.8 Å². The molecule has 1 fully saturated rings. The number of hydrogen-bond donors (Lipinski definition) is 1. The van der Waals surface area contributed by atoms with E-state index >= 15 is 0 Å². The molecule has 0 aliphatic carbocycles. The Kier molecular flexibility index (Phi) is 5.62. The number of nitrogens with one attached hydrogen (secondary N) is 1. The van der Waals surface area contributed by atoms with Gasteiger partial charge >= 0.3 is 0 Å². The molecule has 1 amide bonds. The molecule has 5 nitrogen and oxygen atoms in total. The van der Waals surface area contributed by atoms with Crippen molar-refractivity contribution < 1.29 is 17.6 Å². The molecule has 1 saturated heterocycles. The lowest BCUT2D eigenvalue weighted by molar-refractivity contribution is 0.102. The third-order valence-electron chi connectivity index (χ3n) is 4.94. The topological polar surface area (TPSA) is 66.5 Å². The number of aryl methyl sites for hydroxylation is 1. The van der Waals surface area contributed by atoms with E-state index in [0.29, 0.717) is 30.3 Å². The van der Waals surface area contributed by atoms with Crippen molar-refractivity contribution >= 4 is 21.6 Å². The minimum Gasteiger partial charge on any atom is -0.322 e. The van der Waals surface area contributed by atoms with E-state index in [1.807, 2.05) is 0 Å². The Morgan fingerprint density at radius 3 is 2.37 bits per heavy atom. The van der Waals surface area contributed by atoms with Gasteiger partial charge in [0.15, 0.2) is 0 Å². The minimum absolute atomic E-state index is 0.206. The summed E-state index contributed by atoms with van der Waals surface area (Å²) in [4.78, 5) is 12.5. The SMILES string of the molecule is Cc1ccc(F)cc1C(=O)Nc1ccc(S(=O)(=O)N2CCC(C)CC2)cc1. The third-order valence-corrected chi connectivity index (χ3v) is 6.85. The Hall–Kier alpha value is -2.25. The molecule has 1 aliphatic heterocycles. The molecule has 0 bridgehead atoms. The number of halogens is 1. The first-order valence-electron chi connectivity index (χ1n) is 8.95. The second-order valence-electron chi connectivity index (χ2n) is 7.02. The van der Waals surface area contributed by atoms with Crippen molar-refractivity contribution in [1.82, 2.24) is 4.31 Å². The smallest absolute Gasteiger partial charge is 0.256 e. The zero-order valence-electron chi connectivity index (χ0n) is 15.4. The van der Waals surface area contributed by atoms with E-state index < -0.39 is 21.7 Å². The summed E-state index contributed by atoms with van der Waals surface area (Å²) in [7, 11) is -3.52. The van der Waals surface area contributed by atoms with Crippen LogP contribution in [0.5, 0.6) is 0 Å². The van der Waals surface area contributed by atoms with Crippen molar-refractivity contribution in [2.75, 3.05) is 18.4 Å². The maximum Gasteiger partial charge on any atom is 0.256 e. The number of hydrogen-bond acceptors (Lipinski definition) is 3. The third kappa shape index (κ3) is 4.36. The van der Waals surface area contributed by atoms with E-state index in [2.05, 4.69) is 12.2 Å². The number of carbonyl (C=O) groups excluding carboxylic acids is 1. The van der Waals surface area contributed by atoms with Crippen LogP contribution in [0.1, 0.15) is 35.7 Å². The molecule has 0 unspecified atom stereocenters. The lowest BCUT2D eigenvalue weighted by Gasteiger charge is -2.29. The van der Waals surface area contributed by atoms with E-state index in [4.69, 9.17) is 0 Å². The van der Waals surface area contributed by atoms with Crippen LogP contribution >= 0.6 is 0 Å². The molecule has 0 saturated carbocycles. The standard InChI is InChI=1S/C20H23FN2O3S/c1-14-9-11-23(12-10-14)27(25,26)18-7-5-17(6-8-18)22-20(24)19-13-16(21)4-3-15(19)2/h3-8,13-14H,9-12H2,1-2H3,(H,22,24). The second kappa shape index (κ2) is 7.78. The summed E-state index contributed by atoms with van der Waals surface area (Å²) >= 11 is 0. The molecule has 2 aromatic rings. The summed E-state index contributed by atoms with van der Waals surface area (Å²) in [6, 6.07) is 10.1. The summed E-state index contributed by atoms with van der Waals surface area (Å²) in [6.07, 6.45) is 1.72. The molecule has 3 rings (SSSR count). The molecule has 144 valence electrons. The molecule has 1 heterocycles. The number of piperidine rings is 1. The van der Waals surface area contributed by atoms with Crippen molar-refractivity contribution in [1.29, 1.82) is 0 Å². The average molecular weight is 390 g/mol. The fourth-order valence-corrected chi connectivity index (χ4v) is 4.59. The van der Waals surface area contributed by atoms with Crippen molar-refractivity contribution in [3.63, 3.8) is 0 Å². The van der Waals surface area contributed by atoms with Crippen LogP contribution in [0.3, 0.4) is 0 Å². The molecule has 1 aliphatic rings. The van der Waals surface area contributed by atoms with Crippen molar-refractivity contribution in [3.8, 4) is 0 Å². The van der Waals surface area contributed by atoms with E-state index in [-0.39, 0.29) is 10.5 Å². The number of rotatable bonds is 4. The first-order chi connectivity index (χ1) is 12.8. The second-order valence-corrected chi connectivity index (χ2v) is 8.96. The Morgan fingerprint density at radius 2 is 1.74 bits per heavy atom. The van der Waals surface area contributed by atoms with Gasteiger partial charge in [0.1, 0.15) is 5.82 Å². The fourth-order valence-electron chi connectivity index (χ4n) is 3.12. The highest BCUT2D eigenvalue weighted by Crippen LogP contribution is 2.24. The first-order valence-corrected chi connectivity index (χ1v) is 10.4. The highest BCUT2D eigenvalue weighted by atomic mass is 32.2. The van der Waals surface area contributed by atoms with Crippen molar-refractivity contribution in [2.45, 2.75) is 31.6 Å². The highest BCUT2D eigenvalue weighted by molar-refractivity contribution is 7.89. The van der Waals surface area contributed by atoms with E-state index in [9.17, 15) is 17.6 Å². The van der Waals surface area contributed by atoms with Crippen LogP contribution in [-0.4, -0.2) is 31.7 Å². The Bertz CT molecular complexity index is 934. The van der Waals surface area contributed by atoms with Gasteiger partial charge in [0, 0.05) is 24.3 Å². The monoisotopic (exact) mass is 390 g/mol. The van der Waals surface area contributed by atoms with Crippen LogP contribution < -0.4 is 5.32 Å². The minimum atomic E-state index is -3.52. The van der Waals surface area contributed by atoms with Crippen LogP contribution in [0.25, 0.3) is 0 Å². The molecule has 0 spiro atoms. The molecule has 0 atom stereocenters. The maximum atomic E-state index is 13.4. The van der Waals surface area contributed by atoms with Gasteiger partial charge < -0.3 is 5.32 Å². The van der Waals surface area contributed by atoms with Crippen LogP contribution in [0.4, 0.5) is 10.1 Å². The van der Waals surface area contributed by atoms with Crippen LogP contribution in [0.2, 0.25) is 0 Å². The molecule has 2 aromatic carbocycles. The molecule has 0 radical (unpaired) electrons. The summed E-state index contributed by atoms with van der Waals surface area (Å²) in [6.45, 7) is 4.91. The van der Waals surface area contributed by atoms with E-state index in [0.717, 1.165) is 12.8 Å². The predicted octanol–water partition coefficient (Wildman–Crippen LogP) is 3.81. The Labute approximate surface area is 159 Å². The highest BCUT2D eigenvalue weighted by Gasteiger charge is 2.27. The summed E-state index contributed by atoms with van der Waals surface area (Å²) in [5.41, 5.74) is 1.36. The van der Waals surface area contributed by atoms with Crippen molar-refractivity contribution in [2.24, 2.45) is 5.92 Å². The van der Waals surface area contributed by atoms with E-state index in [1.54, 1.807) is 25.1 Å². The van der Waals surface area contributed by atoms with Crippen LogP contribution in [0, 0.1) is 18.7 Å². The number of sulfonamides is 1. The normalized spacial score (nSPS) is 16.3. The Balaban J connectivity index is 1.73. The largest absolute Gasteiger partial charge is 0.322 e. The predicted molar refractivity (Wildman–Crippen MR) is 103 cm³/mol. The van der Waals surface area contributed by atoms with Gasteiger partial charge in [-0.05, 0) is 67.6 Å². The van der Waals surface area contributed by atoms with Crippen LogP contribution in [0.15, 0.2) is 47.4 Å². The van der Waals surface area contributed by atoms with Gasteiger partial charge in [0.2, 0.25) is 10.0 Å². The van der Waals surface area contributed by atoms with Gasteiger partial charge in [0.05, 0.1) is 4.90 Å². The maximum absolute atomic E-state index is 13.4. The lowest BCUT2D eigenvalue weighted by Crippen LogP contribution is -2.37. The van der Waals surface area contributed by atoms with Gasteiger partial charge in [0.25, 0.3) is 5.91 Å². The summed E-state index contributed by atoms with van der Waals surface area (Å²) in [5, 5.41) is 2.68.